The van der Waals surface area contributed by atoms with E-state index in [-0.39, 0.29) is 6.09 Å². The molecule has 1 aromatic carbocycles. The fourth-order valence-electron chi connectivity index (χ4n) is 5.05. The molecular weight excluding hydrogens is 560 g/mol. The molecule has 0 aliphatic carbocycles. The first-order chi connectivity index (χ1) is 20.1. The Morgan fingerprint density at radius 3 is 2.45 bits per heavy atom. The number of carbonyl (C=O) groups is 1. The number of pyridine rings is 1. The van der Waals surface area contributed by atoms with Gasteiger partial charge in [-0.2, -0.15) is 4.98 Å². The number of nitrogens with zero attached hydrogens (tertiary/aromatic N) is 7. The van der Waals surface area contributed by atoms with Crippen molar-refractivity contribution in [2.75, 3.05) is 59.3 Å². The van der Waals surface area contributed by atoms with Crippen LogP contribution in [0, 0.1) is 0 Å². The Labute approximate surface area is 249 Å². The summed E-state index contributed by atoms with van der Waals surface area (Å²) >= 11 is 6.79. The van der Waals surface area contributed by atoms with Crippen molar-refractivity contribution >= 4 is 40.3 Å². The van der Waals surface area contributed by atoms with Crippen LogP contribution in [-0.2, 0) is 11.2 Å². The summed E-state index contributed by atoms with van der Waals surface area (Å²) in [6.07, 6.45) is 3.06. The largest absolute Gasteiger partial charge is 0.497 e. The topological polar surface area (TPSA) is 119 Å². The number of ether oxygens (including phenoxy) is 3. The molecule has 0 atom stereocenters. The van der Waals surface area contributed by atoms with Crippen LogP contribution < -0.4 is 14.8 Å². The van der Waals surface area contributed by atoms with Crippen LogP contribution in [0.25, 0.3) is 27.8 Å². The van der Waals surface area contributed by atoms with Gasteiger partial charge in [0, 0.05) is 68.4 Å². The van der Waals surface area contributed by atoms with E-state index in [1.807, 2.05) is 37.3 Å². The van der Waals surface area contributed by atoms with E-state index in [4.69, 9.17) is 30.8 Å². The smallest absolute Gasteiger partial charge is 0.410 e. The summed E-state index contributed by atoms with van der Waals surface area (Å²) in [6, 6.07) is 5.57. The second kappa shape index (κ2) is 12.1. The first-order valence-electron chi connectivity index (χ1n) is 14.0. The monoisotopic (exact) mass is 596 g/mol. The summed E-state index contributed by atoms with van der Waals surface area (Å²) in [6.45, 7) is 9.39. The van der Waals surface area contributed by atoms with E-state index in [9.17, 15) is 4.79 Å². The molecule has 0 saturated carbocycles. The Morgan fingerprint density at radius 1 is 1.02 bits per heavy atom. The molecule has 1 fully saturated rings. The van der Waals surface area contributed by atoms with Gasteiger partial charge >= 0.3 is 6.09 Å². The third-order valence-corrected chi connectivity index (χ3v) is 7.55. The summed E-state index contributed by atoms with van der Waals surface area (Å²) in [7, 11) is 4.95. The van der Waals surface area contributed by atoms with Crippen LogP contribution in [0.1, 0.15) is 33.0 Å². The van der Waals surface area contributed by atoms with E-state index in [1.54, 1.807) is 38.4 Å². The van der Waals surface area contributed by atoms with Gasteiger partial charge in [-0.05, 0) is 45.9 Å². The van der Waals surface area contributed by atoms with Crippen LogP contribution >= 0.6 is 11.6 Å². The van der Waals surface area contributed by atoms with Gasteiger partial charge in [-0.15, -0.1) is 10.2 Å². The highest BCUT2D eigenvalue weighted by atomic mass is 35.5. The minimum Gasteiger partial charge on any atom is -0.497 e. The second-order valence-electron chi connectivity index (χ2n) is 11.2. The van der Waals surface area contributed by atoms with E-state index in [2.05, 4.69) is 25.4 Å². The number of fused-ring (bicyclic) bond motifs is 3. The lowest BCUT2D eigenvalue weighted by Gasteiger charge is -2.35. The number of methoxy groups -OCH3 is 2. The molecule has 0 unspecified atom stereocenters. The van der Waals surface area contributed by atoms with Gasteiger partial charge < -0.3 is 24.4 Å². The highest BCUT2D eigenvalue weighted by Crippen LogP contribution is 2.41. The number of anilines is 1. The van der Waals surface area contributed by atoms with Crippen LogP contribution in [0.15, 0.2) is 24.4 Å². The molecule has 1 saturated heterocycles. The number of rotatable bonds is 8. The fraction of sp³-hybridized carbons (Fsp3) is 0.483. The van der Waals surface area contributed by atoms with Crippen molar-refractivity contribution in [3.05, 3.63) is 35.2 Å². The van der Waals surface area contributed by atoms with E-state index in [0.717, 1.165) is 42.8 Å². The Kier molecular flexibility index (Phi) is 8.55. The number of halogens is 1. The predicted octanol–water partition coefficient (Wildman–Crippen LogP) is 4.54. The summed E-state index contributed by atoms with van der Waals surface area (Å²) in [5.41, 5.74) is 2.30. The fourth-order valence-corrected chi connectivity index (χ4v) is 5.34. The molecule has 1 N–H and O–H groups in total. The van der Waals surface area contributed by atoms with Gasteiger partial charge in [0.25, 0.3) is 0 Å². The number of nitrogens with one attached hydrogen (secondary N) is 1. The minimum atomic E-state index is -0.498. The molecule has 12 nitrogen and oxygen atoms in total. The zero-order valence-electron chi connectivity index (χ0n) is 24.9. The Hall–Kier alpha value is -3.90. The number of aryl methyl sites for hydroxylation is 1. The van der Waals surface area contributed by atoms with Crippen LogP contribution in [0.4, 0.5) is 10.7 Å². The number of amides is 1. The molecule has 0 bridgehead atoms. The highest BCUT2D eigenvalue weighted by Gasteiger charge is 2.26. The summed E-state index contributed by atoms with van der Waals surface area (Å²) in [4.78, 5) is 25.7. The van der Waals surface area contributed by atoms with Gasteiger partial charge in [0.1, 0.15) is 22.9 Å². The third kappa shape index (κ3) is 6.14. The lowest BCUT2D eigenvalue weighted by atomic mass is 10.0. The summed E-state index contributed by atoms with van der Waals surface area (Å²) in [5, 5.41) is 13.5. The molecule has 42 heavy (non-hydrogen) atoms. The number of benzene rings is 1. The molecule has 5 rings (SSSR count). The maximum Gasteiger partial charge on any atom is 0.410 e. The van der Waals surface area contributed by atoms with Crippen molar-refractivity contribution in [2.45, 2.75) is 39.2 Å². The number of aromatic nitrogens is 5. The average Bonchev–Trinajstić information content (AvgIpc) is 3.40. The van der Waals surface area contributed by atoms with Gasteiger partial charge in [-0.3, -0.25) is 9.30 Å². The third-order valence-electron chi connectivity index (χ3n) is 7.16. The highest BCUT2D eigenvalue weighted by molar-refractivity contribution is 6.35. The van der Waals surface area contributed by atoms with Crippen LogP contribution in [0.2, 0.25) is 5.02 Å². The minimum absolute atomic E-state index is 0.253. The van der Waals surface area contributed by atoms with E-state index < -0.39 is 5.60 Å². The van der Waals surface area contributed by atoms with Crippen molar-refractivity contribution in [3.63, 3.8) is 0 Å². The van der Waals surface area contributed by atoms with Crippen molar-refractivity contribution in [2.24, 2.45) is 0 Å². The maximum atomic E-state index is 12.4. The molecule has 4 aromatic rings. The number of hydrogen-bond acceptors (Lipinski definition) is 10. The van der Waals surface area contributed by atoms with Gasteiger partial charge in [-0.1, -0.05) is 11.6 Å². The van der Waals surface area contributed by atoms with Crippen molar-refractivity contribution in [1.82, 2.24) is 34.4 Å². The Bertz CT molecular complexity index is 1590. The SMILES string of the molecule is CNc1ncc2cc(-c3cc(OC)cc(OC)c3Cl)c3nnc(CCCN4CCN(C(=O)OC(C)(C)C)CC4)n3c2n1. The zero-order chi connectivity index (χ0) is 30.0. The molecule has 224 valence electrons. The van der Waals surface area contributed by atoms with E-state index in [0.29, 0.717) is 58.8 Å². The molecule has 0 spiro atoms. The lowest BCUT2D eigenvalue weighted by Crippen LogP contribution is -2.50. The van der Waals surface area contributed by atoms with Crippen LogP contribution in [0.3, 0.4) is 0 Å². The van der Waals surface area contributed by atoms with Gasteiger partial charge in [0.2, 0.25) is 5.95 Å². The molecule has 4 heterocycles. The molecular formula is C29H37ClN8O4. The average molecular weight is 597 g/mol. The predicted molar refractivity (Wildman–Crippen MR) is 162 cm³/mol. The summed E-state index contributed by atoms with van der Waals surface area (Å²) < 4.78 is 18.5. The first-order valence-corrected chi connectivity index (χ1v) is 14.3. The molecule has 1 aliphatic heterocycles. The Balaban J connectivity index is 1.41. The number of piperazine rings is 1. The van der Waals surface area contributed by atoms with Crippen molar-refractivity contribution in [1.29, 1.82) is 0 Å². The maximum absolute atomic E-state index is 12.4. The quantitative estimate of drug-likeness (QED) is 0.310. The van der Waals surface area contributed by atoms with Gasteiger partial charge in [-0.25, -0.2) is 9.78 Å². The molecule has 1 aliphatic rings. The normalized spacial score (nSPS) is 14.4. The summed E-state index contributed by atoms with van der Waals surface area (Å²) in [5.74, 6) is 2.39. The lowest BCUT2D eigenvalue weighted by molar-refractivity contribution is 0.0144. The molecule has 0 radical (unpaired) electrons. The van der Waals surface area contributed by atoms with Gasteiger partial charge in [0.15, 0.2) is 11.3 Å². The number of hydrogen-bond donors (Lipinski definition) is 1. The van der Waals surface area contributed by atoms with E-state index in [1.165, 1.54) is 0 Å². The van der Waals surface area contributed by atoms with Crippen LogP contribution in [0.5, 0.6) is 11.5 Å². The zero-order valence-corrected chi connectivity index (χ0v) is 25.7. The van der Waals surface area contributed by atoms with Crippen molar-refractivity contribution < 1.29 is 19.0 Å². The molecule has 1 amide bonds. The second-order valence-corrected chi connectivity index (χ2v) is 11.5. The van der Waals surface area contributed by atoms with Crippen LogP contribution in [-0.4, -0.2) is 100 Å². The molecule has 3 aromatic heterocycles. The van der Waals surface area contributed by atoms with Gasteiger partial charge in [0.05, 0.1) is 19.2 Å². The molecule has 13 heteroatoms. The van der Waals surface area contributed by atoms with E-state index >= 15 is 0 Å². The Morgan fingerprint density at radius 2 is 1.79 bits per heavy atom. The first kappa shape index (κ1) is 29.6. The number of carbonyl (C=O) groups excluding carboxylic acids is 1. The standard InChI is InChI=1S/C29H37ClN8O4/c1-29(2,3)42-28(39)37-12-10-36(11-13-37)9-7-8-23-34-35-26-21(20-15-19(40-5)16-22(41-6)24(20)30)14-18-17-32-27(31-4)33-25(18)38(23)26/h14-17H,7-13H2,1-6H3,(H,31,32,33). The van der Waals surface area contributed by atoms with Crippen molar-refractivity contribution in [3.8, 4) is 22.6 Å².